The number of amides is 1. The van der Waals surface area contributed by atoms with Gasteiger partial charge in [-0.25, -0.2) is 15.0 Å². The largest absolute Gasteiger partial charge is 0.390 e. The molecule has 10 heteroatoms. The Morgan fingerprint density at radius 1 is 1.29 bits per heavy atom. The molecule has 3 atom stereocenters. The molecule has 1 amide bonds. The van der Waals surface area contributed by atoms with Gasteiger partial charge in [0.15, 0.2) is 11.5 Å². The number of imidazole rings is 1. The highest BCUT2D eigenvalue weighted by Gasteiger charge is 2.43. The number of benzene rings is 1. The van der Waals surface area contributed by atoms with Crippen LogP contribution in [0.4, 0.5) is 5.82 Å². The quantitative estimate of drug-likeness (QED) is 0.454. The topological polar surface area (TPSA) is 156 Å². The lowest BCUT2D eigenvalue weighted by Crippen LogP contribution is -2.54. The lowest BCUT2D eigenvalue weighted by molar-refractivity contribution is -0.121. The van der Waals surface area contributed by atoms with Crippen LogP contribution in [0.1, 0.15) is 35.2 Å². The molecule has 0 aliphatic heterocycles. The third-order valence-corrected chi connectivity index (χ3v) is 6.20. The van der Waals surface area contributed by atoms with E-state index in [9.17, 15) is 15.0 Å². The highest BCUT2D eigenvalue weighted by Crippen LogP contribution is 2.33. The SMILES string of the molecule is CN(C(=O)c1ccc(CN)cc1)[C@H]1CC[C@@](O)(Cn2cnc3c(N)ncnc32)[C@H](O)C1. The fourth-order valence-electron chi connectivity index (χ4n) is 4.18. The van der Waals surface area contributed by atoms with Crippen LogP contribution in [0.15, 0.2) is 36.9 Å². The molecule has 6 N–H and O–H groups in total. The summed E-state index contributed by atoms with van der Waals surface area (Å²) in [5, 5.41) is 22.0. The number of nitrogens with zero attached hydrogens (tertiary/aromatic N) is 5. The number of aromatic nitrogens is 4. The van der Waals surface area contributed by atoms with E-state index in [1.165, 1.54) is 12.7 Å². The number of fused-ring (bicyclic) bond motifs is 1. The maximum atomic E-state index is 12.9. The molecule has 1 aromatic carbocycles. The molecule has 1 saturated carbocycles. The van der Waals surface area contributed by atoms with Gasteiger partial charge < -0.3 is 31.1 Å². The van der Waals surface area contributed by atoms with Crippen molar-refractivity contribution < 1.29 is 15.0 Å². The third kappa shape index (κ3) is 3.97. The fraction of sp³-hybridized carbons (Fsp3) is 0.429. The summed E-state index contributed by atoms with van der Waals surface area (Å²) in [6.45, 7) is 0.536. The Hall–Kier alpha value is -3.08. The normalized spacial score (nSPS) is 23.7. The van der Waals surface area contributed by atoms with Gasteiger partial charge in [0, 0.05) is 25.2 Å². The van der Waals surface area contributed by atoms with Crippen molar-refractivity contribution in [2.24, 2.45) is 5.73 Å². The molecule has 2 heterocycles. The van der Waals surface area contributed by atoms with Crippen molar-refractivity contribution in [3.05, 3.63) is 48.0 Å². The first-order valence-corrected chi connectivity index (χ1v) is 10.2. The van der Waals surface area contributed by atoms with Gasteiger partial charge in [-0.2, -0.15) is 0 Å². The molecule has 3 aromatic rings. The van der Waals surface area contributed by atoms with Gasteiger partial charge in [-0.15, -0.1) is 0 Å². The summed E-state index contributed by atoms with van der Waals surface area (Å²) in [6, 6.07) is 7.00. The van der Waals surface area contributed by atoms with Gasteiger partial charge in [0.25, 0.3) is 5.91 Å². The van der Waals surface area contributed by atoms with Crippen LogP contribution in [-0.4, -0.2) is 65.3 Å². The average molecular weight is 425 g/mol. The summed E-state index contributed by atoms with van der Waals surface area (Å²) >= 11 is 0. The van der Waals surface area contributed by atoms with Gasteiger partial charge in [-0.05, 0) is 37.0 Å². The van der Waals surface area contributed by atoms with E-state index in [2.05, 4.69) is 15.0 Å². The van der Waals surface area contributed by atoms with Crippen LogP contribution in [0.5, 0.6) is 0 Å². The predicted octanol–water partition coefficient (Wildman–Crippen LogP) is 0.284. The summed E-state index contributed by atoms with van der Waals surface area (Å²) in [6.07, 6.45) is 3.01. The van der Waals surface area contributed by atoms with E-state index in [0.717, 1.165) is 5.56 Å². The van der Waals surface area contributed by atoms with Crippen LogP contribution in [0.3, 0.4) is 0 Å². The number of hydrogen-bond donors (Lipinski definition) is 4. The van der Waals surface area contributed by atoms with Crippen molar-refractivity contribution in [3.8, 4) is 0 Å². The van der Waals surface area contributed by atoms with E-state index in [-0.39, 0.29) is 30.7 Å². The van der Waals surface area contributed by atoms with Gasteiger partial charge in [-0.1, -0.05) is 12.1 Å². The van der Waals surface area contributed by atoms with Gasteiger partial charge in [-0.3, -0.25) is 4.79 Å². The van der Waals surface area contributed by atoms with Gasteiger partial charge in [0.2, 0.25) is 0 Å². The number of nitrogen functional groups attached to an aromatic ring is 1. The number of carbonyl (C=O) groups excluding carboxylic acids is 1. The van der Waals surface area contributed by atoms with Crippen LogP contribution in [0.25, 0.3) is 11.2 Å². The first kappa shape index (κ1) is 21.2. The van der Waals surface area contributed by atoms with Crippen molar-refractivity contribution in [3.63, 3.8) is 0 Å². The molecule has 0 spiro atoms. The lowest BCUT2D eigenvalue weighted by atomic mass is 9.79. The van der Waals surface area contributed by atoms with Crippen LogP contribution in [-0.2, 0) is 13.1 Å². The van der Waals surface area contributed by atoms with Crippen molar-refractivity contribution in [2.75, 3.05) is 12.8 Å². The lowest BCUT2D eigenvalue weighted by Gasteiger charge is -2.43. The molecule has 1 aliphatic rings. The Labute approximate surface area is 179 Å². The minimum atomic E-state index is -1.36. The minimum Gasteiger partial charge on any atom is -0.390 e. The summed E-state index contributed by atoms with van der Waals surface area (Å²) in [5.74, 6) is 0.138. The summed E-state index contributed by atoms with van der Waals surface area (Å²) in [7, 11) is 1.73. The van der Waals surface area contributed by atoms with Gasteiger partial charge in [0.05, 0.1) is 19.0 Å². The minimum absolute atomic E-state index is 0.117. The number of aliphatic hydroxyl groups is 2. The maximum absolute atomic E-state index is 12.9. The number of nitrogens with two attached hydrogens (primary N) is 2. The Balaban J connectivity index is 1.45. The Kier molecular flexibility index (Phi) is 5.61. The number of carbonyl (C=O) groups is 1. The predicted molar refractivity (Wildman–Crippen MR) is 115 cm³/mol. The van der Waals surface area contributed by atoms with Crippen molar-refractivity contribution in [2.45, 2.75) is 50.1 Å². The molecule has 0 unspecified atom stereocenters. The molecular formula is C21H27N7O3. The van der Waals surface area contributed by atoms with E-state index in [0.29, 0.717) is 36.1 Å². The molecule has 0 bridgehead atoms. The van der Waals surface area contributed by atoms with Crippen molar-refractivity contribution in [1.82, 2.24) is 24.4 Å². The van der Waals surface area contributed by atoms with Crippen LogP contribution < -0.4 is 11.5 Å². The van der Waals surface area contributed by atoms with Gasteiger partial charge in [0.1, 0.15) is 17.4 Å². The van der Waals surface area contributed by atoms with E-state index in [4.69, 9.17) is 11.5 Å². The molecule has 1 aliphatic carbocycles. The zero-order valence-corrected chi connectivity index (χ0v) is 17.3. The number of hydrogen-bond acceptors (Lipinski definition) is 8. The second-order valence-corrected chi connectivity index (χ2v) is 8.17. The zero-order chi connectivity index (χ0) is 22.2. The molecule has 10 nitrogen and oxygen atoms in total. The molecular weight excluding hydrogens is 398 g/mol. The third-order valence-electron chi connectivity index (χ3n) is 6.20. The van der Waals surface area contributed by atoms with Crippen LogP contribution in [0.2, 0.25) is 0 Å². The Morgan fingerprint density at radius 2 is 2.03 bits per heavy atom. The molecule has 31 heavy (non-hydrogen) atoms. The molecule has 1 fully saturated rings. The zero-order valence-electron chi connectivity index (χ0n) is 17.3. The smallest absolute Gasteiger partial charge is 0.253 e. The van der Waals surface area contributed by atoms with E-state index >= 15 is 0 Å². The molecule has 4 rings (SSSR count). The fourth-order valence-corrected chi connectivity index (χ4v) is 4.18. The molecule has 164 valence electrons. The van der Waals surface area contributed by atoms with Crippen LogP contribution >= 0.6 is 0 Å². The van der Waals surface area contributed by atoms with Crippen molar-refractivity contribution in [1.29, 1.82) is 0 Å². The first-order chi connectivity index (χ1) is 14.8. The number of aliphatic hydroxyl groups excluding tert-OH is 1. The Morgan fingerprint density at radius 3 is 2.71 bits per heavy atom. The number of rotatable bonds is 5. The van der Waals surface area contributed by atoms with E-state index in [1.54, 1.807) is 28.6 Å². The molecule has 0 saturated heterocycles. The van der Waals surface area contributed by atoms with Crippen LogP contribution in [0, 0.1) is 0 Å². The van der Waals surface area contributed by atoms with E-state index in [1.807, 2.05) is 12.1 Å². The Bertz CT molecular complexity index is 1080. The standard InChI is InChI=1S/C21H27N7O3/c1-27(20(30)14-4-2-13(9-22)3-5-14)15-6-7-21(31,16(29)8-15)10-28-12-26-17-18(23)24-11-25-19(17)28/h2-5,11-12,15-16,29,31H,6-10,22H2,1H3,(H2,23,24,25)/t15-,16+,21+/m0/s1. The summed E-state index contributed by atoms with van der Waals surface area (Å²) in [4.78, 5) is 26.8. The first-order valence-electron chi connectivity index (χ1n) is 10.2. The molecule has 0 radical (unpaired) electrons. The second kappa shape index (κ2) is 8.22. The summed E-state index contributed by atoms with van der Waals surface area (Å²) < 4.78 is 1.67. The number of anilines is 1. The maximum Gasteiger partial charge on any atom is 0.253 e. The highest BCUT2D eigenvalue weighted by atomic mass is 16.3. The average Bonchev–Trinajstić information content (AvgIpc) is 3.18. The van der Waals surface area contributed by atoms with E-state index < -0.39 is 11.7 Å². The second-order valence-electron chi connectivity index (χ2n) is 8.17. The summed E-state index contributed by atoms with van der Waals surface area (Å²) in [5.41, 5.74) is 12.6. The molecule has 2 aromatic heterocycles. The van der Waals surface area contributed by atoms with Crippen molar-refractivity contribution >= 4 is 22.9 Å². The van der Waals surface area contributed by atoms with Gasteiger partial charge >= 0.3 is 0 Å². The monoisotopic (exact) mass is 425 g/mol. The highest BCUT2D eigenvalue weighted by molar-refractivity contribution is 5.94.